The van der Waals surface area contributed by atoms with E-state index in [1.54, 1.807) is 6.08 Å². The molecule has 0 bridgehead atoms. The normalized spacial score (nSPS) is 10.3. The second kappa shape index (κ2) is 21.3. The van der Waals surface area contributed by atoms with Crippen molar-refractivity contribution in [2.45, 2.75) is 48.0 Å². The van der Waals surface area contributed by atoms with Gasteiger partial charge in [-0.2, -0.15) is 0 Å². The first-order valence-corrected chi connectivity index (χ1v) is 16.3. The molecule has 244 valence electrons. The summed E-state index contributed by atoms with van der Waals surface area (Å²) in [6.45, 7) is 19.5. The monoisotopic (exact) mass is 630 g/mol. The van der Waals surface area contributed by atoms with Crippen molar-refractivity contribution >= 4 is 21.9 Å². The number of hydrogen-bond acceptors (Lipinski definition) is 1. The average molecular weight is 631 g/mol. The van der Waals surface area contributed by atoms with Gasteiger partial charge in [-0.25, -0.2) is 0 Å². The molecule has 48 heavy (non-hydrogen) atoms. The third-order valence-corrected chi connectivity index (χ3v) is 7.26. The van der Waals surface area contributed by atoms with Gasteiger partial charge < -0.3 is 4.42 Å². The summed E-state index contributed by atoms with van der Waals surface area (Å²) in [5.74, 6) is 0. The minimum Gasteiger partial charge on any atom is -0.455 e. The number of fused-ring (bicyclic) bond motifs is 3. The zero-order valence-corrected chi connectivity index (χ0v) is 29.5. The Labute approximate surface area is 289 Å². The lowest BCUT2D eigenvalue weighted by Gasteiger charge is -2.03. The second-order valence-electron chi connectivity index (χ2n) is 11.1. The summed E-state index contributed by atoms with van der Waals surface area (Å²) in [4.78, 5) is 0. The molecule has 0 saturated carbocycles. The fourth-order valence-corrected chi connectivity index (χ4v) is 4.81. The van der Waals surface area contributed by atoms with Crippen LogP contribution in [0.25, 0.3) is 44.2 Å². The van der Waals surface area contributed by atoms with E-state index in [-0.39, 0.29) is 0 Å². The van der Waals surface area contributed by atoms with E-state index in [4.69, 9.17) is 4.42 Å². The van der Waals surface area contributed by atoms with Gasteiger partial charge in [0, 0.05) is 16.3 Å². The predicted molar refractivity (Wildman–Crippen MR) is 214 cm³/mol. The Bertz CT molecular complexity index is 1910. The first-order chi connectivity index (χ1) is 23.3. The number of para-hydroxylation sites is 2. The van der Waals surface area contributed by atoms with Crippen molar-refractivity contribution in [3.63, 3.8) is 0 Å². The fourth-order valence-electron chi connectivity index (χ4n) is 4.81. The molecule has 0 aliphatic carbocycles. The minimum atomic E-state index is 0.946. The largest absolute Gasteiger partial charge is 0.455 e. The fraction of sp³-hybridized carbons (Fsp3) is 0.149. The van der Waals surface area contributed by atoms with Gasteiger partial charge in [0.15, 0.2) is 0 Å². The lowest BCUT2D eigenvalue weighted by molar-refractivity contribution is 0.670. The Morgan fingerprint density at radius 1 is 0.667 bits per heavy atom. The third kappa shape index (κ3) is 11.7. The van der Waals surface area contributed by atoms with Crippen LogP contribution in [0.5, 0.6) is 0 Å². The number of furan rings is 1. The molecule has 0 saturated heterocycles. The van der Waals surface area contributed by atoms with Crippen LogP contribution in [0.3, 0.4) is 0 Å². The topological polar surface area (TPSA) is 13.1 Å². The Hall–Kier alpha value is -5.58. The Kier molecular flexibility index (Phi) is 17.1. The van der Waals surface area contributed by atoms with Crippen LogP contribution in [0.1, 0.15) is 45.2 Å². The number of rotatable bonds is 5. The predicted octanol–water partition coefficient (Wildman–Crippen LogP) is 14.1. The van der Waals surface area contributed by atoms with Crippen molar-refractivity contribution in [3.8, 4) is 35.1 Å². The number of benzene rings is 5. The second-order valence-corrected chi connectivity index (χ2v) is 11.1. The molecule has 5 aromatic carbocycles. The van der Waals surface area contributed by atoms with Crippen molar-refractivity contribution in [2.75, 3.05) is 0 Å². The molecule has 0 N–H and O–H groups in total. The molecule has 6 aromatic rings. The zero-order valence-electron chi connectivity index (χ0n) is 29.5. The summed E-state index contributed by atoms with van der Waals surface area (Å²) in [5, 5.41) is 2.36. The van der Waals surface area contributed by atoms with E-state index in [0.717, 1.165) is 28.7 Å². The molecular weight excluding hydrogens is 581 g/mol. The third-order valence-electron chi connectivity index (χ3n) is 7.26. The van der Waals surface area contributed by atoms with E-state index in [0.29, 0.717) is 0 Å². The van der Waals surface area contributed by atoms with E-state index in [1.807, 2.05) is 39.0 Å². The van der Waals surface area contributed by atoms with Gasteiger partial charge in [-0.15, -0.1) is 19.4 Å². The summed E-state index contributed by atoms with van der Waals surface area (Å²) >= 11 is 0. The van der Waals surface area contributed by atoms with Gasteiger partial charge in [-0.3, -0.25) is 0 Å². The van der Waals surface area contributed by atoms with Gasteiger partial charge >= 0.3 is 0 Å². The molecule has 1 heteroatoms. The summed E-state index contributed by atoms with van der Waals surface area (Å²) in [6.07, 6.45) is 17.2. The van der Waals surface area contributed by atoms with Crippen molar-refractivity contribution in [1.82, 2.24) is 0 Å². The highest BCUT2D eigenvalue weighted by atomic mass is 16.3. The van der Waals surface area contributed by atoms with Crippen LogP contribution in [0.15, 0.2) is 174 Å². The van der Waals surface area contributed by atoms with Gasteiger partial charge in [0.1, 0.15) is 11.2 Å². The Balaban J connectivity index is 0.000000249. The average Bonchev–Trinajstić information content (AvgIpc) is 3.51. The summed E-state index contributed by atoms with van der Waals surface area (Å²) in [6, 6.07) is 42.1. The molecule has 0 unspecified atom stereocenters. The van der Waals surface area contributed by atoms with Crippen LogP contribution >= 0.6 is 0 Å². The number of terminal acetylenes is 1. The maximum atomic E-state index is 6.07. The van der Waals surface area contributed by atoms with Crippen molar-refractivity contribution in [2.24, 2.45) is 0 Å². The van der Waals surface area contributed by atoms with Crippen LogP contribution in [-0.4, -0.2) is 0 Å². The van der Waals surface area contributed by atoms with E-state index in [2.05, 4.69) is 168 Å². The molecule has 0 atom stereocenters. The summed E-state index contributed by atoms with van der Waals surface area (Å²) < 4.78 is 6.07. The van der Waals surface area contributed by atoms with Gasteiger partial charge in [-0.05, 0) is 69.4 Å². The number of allylic oxidation sites excluding steroid dienone is 6. The molecule has 0 amide bonds. The minimum absolute atomic E-state index is 0.946. The Morgan fingerprint density at radius 2 is 1.17 bits per heavy atom. The molecule has 0 fully saturated rings. The molecule has 1 heterocycles. The smallest absolute Gasteiger partial charge is 0.143 e. The van der Waals surface area contributed by atoms with Crippen LogP contribution < -0.4 is 0 Å². The van der Waals surface area contributed by atoms with Crippen LogP contribution in [0.2, 0.25) is 0 Å². The molecule has 0 radical (unpaired) electrons. The molecule has 0 aliphatic heterocycles. The van der Waals surface area contributed by atoms with Gasteiger partial charge in [0.05, 0.1) is 0 Å². The first-order valence-electron chi connectivity index (χ1n) is 16.3. The molecule has 1 aromatic heterocycles. The number of hydrogen-bond donors (Lipinski definition) is 0. The molecule has 0 spiro atoms. The lowest BCUT2D eigenvalue weighted by Crippen LogP contribution is -1.79. The number of aryl methyl sites for hydroxylation is 2. The lowest BCUT2D eigenvalue weighted by atomic mass is 10.0. The molecule has 0 aliphatic rings. The van der Waals surface area contributed by atoms with Gasteiger partial charge in [0.25, 0.3) is 0 Å². The Morgan fingerprint density at radius 3 is 1.71 bits per heavy atom. The summed E-state index contributed by atoms with van der Waals surface area (Å²) in [5.41, 5.74) is 11.8. The summed E-state index contributed by atoms with van der Waals surface area (Å²) in [7, 11) is 0. The van der Waals surface area contributed by atoms with Crippen LogP contribution in [0.4, 0.5) is 0 Å². The van der Waals surface area contributed by atoms with E-state index in [9.17, 15) is 0 Å². The standard InChI is InChI=1S/C19H14O.C13H12.C10H16.C3H6.C2H2/c1-13-9-11-14(12-10-13)15-6-4-7-17-16-5-2-3-8-18(16)20-19(15)17;1-11-7-9-13(10-8-11)12-5-3-2-4-6-12;1-5-7-8-10(6-2)9(3)4;1-3-2;1-2/h2-12H,1H3;2-10H,1H3;6-8H,3,5H2,1-2,4H3;3H,1H2,2H3;1-2H/b;;8-7-,10-6+;;. The SMILES string of the molecule is C#C.C=C(C)C(/C=C\CC)=C/C.C=CC.Cc1ccc(-c2cccc3c2oc2ccccc23)cc1.Cc1ccc(-c2ccccc2)cc1. The van der Waals surface area contributed by atoms with E-state index >= 15 is 0 Å². The van der Waals surface area contributed by atoms with Crippen molar-refractivity contribution in [3.05, 3.63) is 181 Å². The van der Waals surface area contributed by atoms with Crippen molar-refractivity contribution in [1.29, 1.82) is 0 Å². The van der Waals surface area contributed by atoms with Crippen LogP contribution in [-0.2, 0) is 0 Å². The van der Waals surface area contributed by atoms with E-state index in [1.165, 1.54) is 44.2 Å². The molecule has 6 rings (SSSR count). The van der Waals surface area contributed by atoms with Crippen molar-refractivity contribution < 1.29 is 4.42 Å². The van der Waals surface area contributed by atoms with Crippen LogP contribution in [0, 0.1) is 26.7 Å². The highest BCUT2D eigenvalue weighted by molar-refractivity contribution is 6.09. The zero-order chi connectivity index (χ0) is 35.3. The van der Waals surface area contributed by atoms with Gasteiger partial charge in [-0.1, -0.05) is 170 Å². The highest BCUT2D eigenvalue weighted by Gasteiger charge is 2.11. The maximum absolute atomic E-state index is 6.07. The van der Waals surface area contributed by atoms with Gasteiger partial charge in [0.2, 0.25) is 0 Å². The maximum Gasteiger partial charge on any atom is 0.143 e. The highest BCUT2D eigenvalue weighted by Crippen LogP contribution is 2.35. The first kappa shape index (κ1) is 38.6. The van der Waals surface area contributed by atoms with E-state index < -0.39 is 0 Å². The quantitative estimate of drug-likeness (QED) is 0.105. The molecule has 1 nitrogen and oxygen atoms in total. The molecular formula is C47H50O.